The van der Waals surface area contributed by atoms with Gasteiger partial charge in [0.25, 0.3) is 5.91 Å². The van der Waals surface area contributed by atoms with Crippen LogP contribution in [0.5, 0.6) is 0 Å². The summed E-state index contributed by atoms with van der Waals surface area (Å²) in [4.78, 5) is 17.7. The lowest BCUT2D eigenvalue weighted by Gasteiger charge is -2.21. The van der Waals surface area contributed by atoms with Gasteiger partial charge in [0.2, 0.25) is 0 Å². The van der Waals surface area contributed by atoms with E-state index in [1.807, 2.05) is 31.7 Å². The molecule has 5 nitrogen and oxygen atoms in total. The summed E-state index contributed by atoms with van der Waals surface area (Å²) in [5, 5.41) is 9.78. The Kier molecular flexibility index (Phi) is 6.02. The highest BCUT2D eigenvalue weighted by Gasteiger charge is 2.20. The van der Waals surface area contributed by atoms with Crippen LogP contribution in [0, 0.1) is 5.92 Å². The second-order valence-electron chi connectivity index (χ2n) is 5.46. The second kappa shape index (κ2) is 7.28. The molecule has 0 bridgehead atoms. The molecule has 108 valence electrons. The van der Waals surface area contributed by atoms with E-state index in [0.717, 1.165) is 18.7 Å². The monoisotopic (exact) mass is 267 g/mol. The number of aryl methyl sites for hydroxylation is 2. The molecule has 1 atom stereocenters. The third-order valence-corrected chi connectivity index (χ3v) is 3.17. The predicted molar refractivity (Wildman–Crippen MR) is 74.6 cm³/mol. The Hall–Kier alpha value is -1.36. The second-order valence-corrected chi connectivity index (χ2v) is 5.46. The minimum absolute atomic E-state index is 0.187. The summed E-state index contributed by atoms with van der Waals surface area (Å²) in [6.45, 7) is 4.63. The number of hydrogen-bond donors (Lipinski definition) is 1. The van der Waals surface area contributed by atoms with Crippen LogP contribution in [-0.4, -0.2) is 45.2 Å². The summed E-state index contributed by atoms with van der Waals surface area (Å²) in [7, 11) is 3.70. The number of aliphatic hydroxyl groups excluding tert-OH is 1. The lowest BCUT2D eigenvalue weighted by molar-refractivity contribution is -0.139. The van der Waals surface area contributed by atoms with Gasteiger partial charge in [0.1, 0.15) is 11.9 Å². The molecule has 0 fully saturated rings. The number of hydrogen-bond acceptors (Lipinski definition) is 3. The van der Waals surface area contributed by atoms with Crippen molar-refractivity contribution in [2.24, 2.45) is 13.0 Å². The van der Waals surface area contributed by atoms with Crippen molar-refractivity contribution in [3.8, 4) is 0 Å². The van der Waals surface area contributed by atoms with E-state index in [4.69, 9.17) is 0 Å². The van der Waals surface area contributed by atoms with Crippen molar-refractivity contribution in [3.63, 3.8) is 0 Å². The van der Waals surface area contributed by atoms with E-state index in [1.54, 1.807) is 18.1 Å². The molecule has 1 rings (SSSR count). The lowest BCUT2D eigenvalue weighted by atomic mass is 10.1. The van der Waals surface area contributed by atoms with Crippen LogP contribution in [0.4, 0.5) is 0 Å². The lowest BCUT2D eigenvalue weighted by Crippen LogP contribution is -2.37. The molecule has 1 aromatic heterocycles. The molecule has 1 N–H and O–H groups in total. The van der Waals surface area contributed by atoms with E-state index in [0.29, 0.717) is 18.9 Å². The molecule has 0 aliphatic heterocycles. The fraction of sp³-hybridized carbons (Fsp3) is 0.714. The highest BCUT2D eigenvalue weighted by molar-refractivity contribution is 5.80. The first-order valence-corrected chi connectivity index (χ1v) is 6.81. The van der Waals surface area contributed by atoms with Gasteiger partial charge in [0, 0.05) is 39.5 Å². The molecule has 0 unspecified atom stereocenters. The van der Waals surface area contributed by atoms with Crippen LogP contribution in [0.1, 0.15) is 32.5 Å². The molecular formula is C14H25N3O2. The van der Waals surface area contributed by atoms with E-state index in [-0.39, 0.29) is 5.91 Å². The number of carbonyl (C=O) groups excluding carboxylic acids is 1. The van der Waals surface area contributed by atoms with E-state index in [1.165, 1.54) is 0 Å². The standard InChI is InChI=1S/C14H25N3O2/c1-11(2)10-12(18)14(19)17(4)8-5-6-13-15-7-9-16(13)3/h7,9,11-12,18H,5-6,8,10H2,1-4H3/t12-/m1/s1. The fourth-order valence-electron chi connectivity index (χ4n) is 2.02. The number of carbonyl (C=O) groups is 1. The van der Waals surface area contributed by atoms with E-state index < -0.39 is 6.10 Å². The molecule has 0 aliphatic carbocycles. The molecule has 0 aliphatic rings. The maximum absolute atomic E-state index is 11.9. The molecule has 19 heavy (non-hydrogen) atoms. The maximum atomic E-state index is 11.9. The van der Waals surface area contributed by atoms with E-state index in [2.05, 4.69) is 4.98 Å². The minimum atomic E-state index is -0.877. The molecule has 0 radical (unpaired) electrons. The first-order chi connectivity index (χ1) is 8.91. The van der Waals surface area contributed by atoms with E-state index in [9.17, 15) is 9.90 Å². The first-order valence-electron chi connectivity index (χ1n) is 6.81. The quantitative estimate of drug-likeness (QED) is 0.808. The Balaban J connectivity index is 2.32. The van der Waals surface area contributed by atoms with Crippen molar-refractivity contribution in [2.75, 3.05) is 13.6 Å². The molecule has 0 aromatic carbocycles. The van der Waals surface area contributed by atoms with Gasteiger partial charge in [0.15, 0.2) is 0 Å². The number of nitrogens with zero attached hydrogens (tertiary/aromatic N) is 3. The summed E-state index contributed by atoms with van der Waals surface area (Å²) in [5.41, 5.74) is 0. The van der Waals surface area contributed by atoms with Crippen molar-refractivity contribution in [1.29, 1.82) is 0 Å². The molecule has 1 amide bonds. The van der Waals surface area contributed by atoms with Crippen LogP contribution >= 0.6 is 0 Å². The zero-order valence-electron chi connectivity index (χ0n) is 12.3. The SMILES string of the molecule is CC(C)C[C@@H](O)C(=O)N(C)CCCc1nccn1C. The molecule has 0 spiro atoms. The molecule has 0 saturated heterocycles. The summed E-state index contributed by atoms with van der Waals surface area (Å²) in [6, 6.07) is 0. The zero-order valence-corrected chi connectivity index (χ0v) is 12.3. The molecule has 1 aromatic rings. The van der Waals surface area contributed by atoms with Crippen molar-refractivity contribution < 1.29 is 9.90 Å². The van der Waals surface area contributed by atoms with Crippen molar-refractivity contribution in [1.82, 2.24) is 14.5 Å². The third kappa shape index (κ3) is 5.03. The van der Waals surface area contributed by atoms with Crippen molar-refractivity contribution >= 4 is 5.91 Å². The Labute approximate surface area is 115 Å². The number of likely N-dealkylation sites (N-methyl/N-ethyl adjacent to an activating group) is 1. The minimum Gasteiger partial charge on any atom is -0.383 e. The van der Waals surface area contributed by atoms with Gasteiger partial charge in [-0.3, -0.25) is 4.79 Å². The number of rotatable bonds is 7. The smallest absolute Gasteiger partial charge is 0.251 e. The summed E-state index contributed by atoms with van der Waals surface area (Å²) in [5.74, 6) is 1.15. The summed E-state index contributed by atoms with van der Waals surface area (Å²) >= 11 is 0. The average Bonchev–Trinajstić information content (AvgIpc) is 2.73. The van der Waals surface area contributed by atoms with E-state index >= 15 is 0 Å². The summed E-state index contributed by atoms with van der Waals surface area (Å²) in [6.07, 6.45) is 5.01. The van der Waals surface area contributed by atoms with Crippen LogP contribution in [0.25, 0.3) is 0 Å². The van der Waals surface area contributed by atoms with Crippen LogP contribution in [0.2, 0.25) is 0 Å². The number of amides is 1. The number of aliphatic hydroxyl groups is 1. The van der Waals surface area contributed by atoms with Gasteiger partial charge in [-0.05, 0) is 18.8 Å². The zero-order chi connectivity index (χ0) is 14.4. The normalized spacial score (nSPS) is 12.7. The van der Waals surface area contributed by atoms with Crippen LogP contribution in [0.15, 0.2) is 12.4 Å². The molecule has 5 heteroatoms. The van der Waals surface area contributed by atoms with Crippen LogP contribution in [0.3, 0.4) is 0 Å². The number of imidazole rings is 1. The van der Waals surface area contributed by atoms with Crippen LogP contribution in [-0.2, 0) is 18.3 Å². The van der Waals surface area contributed by atoms with Gasteiger partial charge in [-0.2, -0.15) is 0 Å². The third-order valence-electron chi connectivity index (χ3n) is 3.17. The first kappa shape index (κ1) is 15.7. The topological polar surface area (TPSA) is 58.4 Å². The van der Waals surface area contributed by atoms with Crippen LogP contribution < -0.4 is 0 Å². The Morgan fingerprint density at radius 1 is 1.53 bits per heavy atom. The van der Waals surface area contributed by atoms with Gasteiger partial charge in [-0.25, -0.2) is 4.98 Å². The van der Waals surface area contributed by atoms with Crippen molar-refractivity contribution in [2.45, 2.75) is 39.2 Å². The van der Waals surface area contributed by atoms with Crippen molar-refractivity contribution in [3.05, 3.63) is 18.2 Å². The van der Waals surface area contributed by atoms with Gasteiger partial charge < -0.3 is 14.6 Å². The Morgan fingerprint density at radius 3 is 2.74 bits per heavy atom. The highest BCUT2D eigenvalue weighted by atomic mass is 16.3. The fourth-order valence-corrected chi connectivity index (χ4v) is 2.02. The van der Waals surface area contributed by atoms with Gasteiger partial charge >= 0.3 is 0 Å². The predicted octanol–water partition coefficient (Wildman–Crippen LogP) is 1.22. The van der Waals surface area contributed by atoms with Gasteiger partial charge in [0.05, 0.1) is 0 Å². The van der Waals surface area contributed by atoms with Gasteiger partial charge in [-0.1, -0.05) is 13.8 Å². The number of aromatic nitrogens is 2. The molecular weight excluding hydrogens is 242 g/mol. The Morgan fingerprint density at radius 2 is 2.21 bits per heavy atom. The molecule has 0 saturated carbocycles. The largest absolute Gasteiger partial charge is 0.383 e. The summed E-state index contributed by atoms with van der Waals surface area (Å²) < 4.78 is 1.98. The maximum Gasteiger partial charge on any atom is 0.251 e. The van der Waals surface area contributed by atoms with Gasteiger partial charge in [-0.15, -0.1) is 0 Å². The highest BCUT2D eigenvalue weighted by Crippen LogP contribution is 2.08. The molecule has 1 heterocycles. The Bertz CT molecular complexity index is 401. The average molecular weight is 267 g/mol.